The molecule has 1 amide bonds. The van der Waals surface area contributed by atoms with Crippen LogP contribution in [0.15, 0.2) is 18.2 Å². The molecule has 21 heavy (non-hydrogen) atoms. The number of carbonyl (C=O) groups is 1. The molecule has 1 N–H and O–H groups in total. The lowest BCUT2D eigenvalue weighted by molar-refractivity contribution is -0.159. The Balaban J connectivity index is 2.87. The Morgan fingerprint density at radius 3 is 2.33 bits per heavy atom. The van der Waals surface area contributed by atoms with Crippen LogP contribution in [0.3, 0.4) is 0 Å². The number of anilines is 1. The predicted molar refractivity (Wildman–Crippen MR) is 57.2 cm³/mol. The van der Waals surface area contributed by atoms with Gasteiger partial charge in [0.1, 0.15) is 0 Å². The monoisotopic (exact) mass is 312 g/mol. The number of alkyl halides is 6. The number of carbonyl (C=O) groups excluding carboxylic acids is 1. The lowest BCUT2D eigenvalue weighted by Gasteiger charge is -2.12. The third kappa shape index (κ3) is 5.21. The fourth-order valence-corrected chi connectivity index (χ4v) is 1.26. The molecule has 0 bridgehead atoms. The predicted octanol–water partition coefficient (Wildman–Crippen LogP) is 3.69. The topological polar surface area (TPSA) is 62.1 Å². The molecular formula is C11H6F6N2O2. The first-order valence-corrected chi connectivity index (χ1v) is 5.15. The summed E-state index contributed by atoms with van der Waals surface area (Å²) < 4.78 is 77.0. The molecule has 0 aromatic heterocycles. The fourth-order valence-electron chi connectivity index (χ4n) is 1.26. The summed E-state index contributed by atoms with van der Waals surface area (Å²) in [4.78, 5) is 11.0. The summed E-state index contributed by atoms with van der Waals surface area (Å²) in [5.74, 6) is 0. The number of nitrogens with zero attached hydrogens (tertiary/aromatic N) is 1. The summed E-state index contributed by atoms with van der Waals surface area (Å²) >= 11 is 0. The van der Waals surface area contributed by atoms with Crippen molar-refractivity contribution in [2.45, 2.75) is 12.4 Å². The number of ether oxygens (including phenoxy) is 1. The zero-order valence-corrected chi connectivity index (χ0v) is 9.97. The molecule has 0 saturated heterocycles. The molecule has 0 unspecified atom stereocenters. The van der Waals surface area contributed by atoms with Crippen LogP contribution >= 0.6 is 0 Å². The molecule has 1 aromatic rings. The van der Waals surface area contributed by atoms with Gasteiger partial charge in [0.05, 0.1) is 17.2 Å². The molecule has 0 heterocycles. The first kappa shape index (κ1) is 16.6. The van der Waals surface area contributed by atoms with Crippen LogP contribution in [0.2, 0.25) is 0 Å². The van der Waals surface area contributed by atoms with Gasteiger partial charge in [-0.1, -0.05) is 0 Å². The summed E-state index contributed by atoms with van der Waals surface area (Å²) in [6.07, 6.45) is -11.2. The minimum absolute atomic E-state index is 0.424. The van der Waals surface area contributed by atoms with Gasteiger partial charge in [-0.25, -0.2) is 4.79 Å². The number of benzene rings is 1. The van der Waals surface area contributed by atoms with Gasteiger partial charge in [0.15, 0.2) is 6.61 Å². The van der Waals surface area contributed by atoms with E-state index in [1.165, 1.54) is 6.07 Å². The lowest BCUT2D eigenvalue weighted by Crippen LogP contribution is -2.23. The Hall–Kier alpha value is -2.44. The molecule has 0 atom stereocenters. The van der Waals surface area contributed by atoms with E-state index in [0.717, 1.165) is 12.1 Å². The van der Waals surface area contributed by atoms with E-state index in [2.05, 4.69) is 4.74 Å². The fraction of sp³-hybridized carbons (Fsp3) is 0.273. The molecule has 4 nitrogen and oxygen atoms in total. The Labute approximate surface area is 113 Å². The average molecular weight is 312 g/mol. The number of hydrogen-bond acceptors (Lipinski definition) is 3. The van der Waals surface area contributed by atoms with Crippen LogP contribution in [-0.4, -0.2) is 18.9 Å². The summed E-state index contributed by atoms with van der Waals surface area (Å²) in [5, 5.41) is 10.2. The highest BCUT2D eigenvalue weighted by molar-refractivity contribution is 5.84. The minimum Gasteiger partial charge on any atom is -0.440 e. The minimum atomic E-state index is -4.85. The molecular weight excluding hydrogens is 306 g/mol. The van der Waals surface area contributed by atoms with E-state index in [-0.39, 0.29) is 0 Å². The van der Waals surface area contributed by atoms with Crippen LogP contribution in [0.4, 0.5) is 36.8 Å². The SMILES string of the molecule is N#Cc1ccc(NC(=O)OCC(F)(F)F)cc1C(F)(F)F. The highest BCUT2D eigenvalue weighted by atomic mass is 19.4. The number of halogens is 6. The first-order chi connectivity index (χ1) is 9.53. The van der Waals surface area contributed by atoms with E-state index in [9.17, 15) is 31.1 Å². The Bertz CT molecular complexity index is 574. The van der Waals surface area contributed by atoms with E-state index in [0.29, 0.717) is 6.07 Å². The van der Waals surface area contributed by atoms with Crippen molar-refractivity contribution in [2.24, 2.45) is 0 Å². The molecule has 0 aliphatic heterocycles. The number of hydrogen-bond donors (Lipinski definition) is 1. The second-order valence-electron chi connectivity index (χ2n) is 3.69. The van der Waals surface area contributed by atoms with Gasteiger partial charge in [-0.2, -0.15) is 31.6 Å². The molecule has 0 spiro atoms. The number of rotatable bonds is 2. The third-order valence-corrected chi connectivity index (χ3v) is 2.06. The van der Waals surface area contributed by atoms with E-state index < -0.39 is 41.9 Å². The van der Waals surface area contributed by atoms with Crippen LogP contribution < -0.4 is 5.32 Å². The van der Waals surface area contributed by atoms with Crippen molar-refractivity contribution < 1.29 is 35.9 Å². The average Bonchev–Trinajstić information content (AvgIpc) is 2.34. The number of amides is 1. The summed E-state index contributed by atoms with van der Waals surface area (Å²) in [6, 6.07) is 3.45. The Kier molecular flexibility index (Phi) is 4.67. The van der Waals surface area contributed by atoms with Crippen LogP contribution in [0.5, 0.6) is 0 Å². The largest absolute Gasteiger partial charge is 0.440 e. The molecule has 0 aliphatic rings. The van der Waals surface area contributed by atoms with E-state index in [4.69, 9.17) is 5.26 Å². The summed E-state index contributed by atoms with van der Waals surface area (Å²) in [6.45, 7) is -1.87. The zero-order chi connectivity index (χ0) is 16.3. The van der Waals surface area contributed by atoms with Crippen LogP contribution in [0.25, 0.3) is 0 Å². The zero-order valence-electron chi connectivity index (χ0n) is 9.97. The Morgan fingerprint density at radius 2 is 1.86 bits per heavy atom. The molecule has 0 saturated carbocycles. The Morgan fingerprint density at radius 1 is 1.24 bits per heavy atom. The third-order valence-electron chi connectivity index (χ3n) is 2.06. The molecule has 10 heteroatoms. The van der Waals surface area contributed by atoms with Crippen LogP contribution in [0, 0.1) is 11.3 Å². The summed E-state index contributed by atoms with van der Waals surface area (Å²) in [5.41, 5.74) is -2.45. The van der Waals surface area contributed by atoms with Gasteiger partial charge in [0.25, 0.3) is 0 Å². The smallest absolute Gasteiger partial charge is 0.422 e. The van der Waals surface area contributed by atoms with Crippen molar-refractivity contribution in [2.75, 3.05) is 11.9 Å². The molecule has 0 aliphatic carbocycles. The quantitative estimate of drug-likeness (QED) is 0.847. The van der Waals surface area contributed by atoms with Gasteiger partial charge in [-0.05, 0) is 18.2 Å². The van der Waals surface area contributed by atoms with Gasteiger partial charge in [-0.3, -0.25) is 5.32 Å². The molecule has 1 aromatic carbocycles. The highest BCUT2D eigenvalue weighted by Gasteiger charge is 2.34. The first-order valence-electron chi connectivity index (χ1n) is 5.15. The maximum absolute atomic E-state index is 12.6. The highest BCUT2D eigenvalue weighted by Crippen LogP contribution is 2.33. The van der Waals surface area contributed by atoms with Gasteiger partial charge in [0, 0.05) is 5.69 Å². The van der Waals surface area contributed by atoms with Crippen molar-refractivity contribution in [1.29, 1.82) is 5.26 Å². The molecule has 114 valence electrons. The molecule has 1 rings (SSSR count). The maximum atomic E-state index is 12.6. The maximum Gasteiger partial charge on any atom is 0.422 e. The van der Waals surface area contributed by atoms with E-state index in [1.807, 2.05) is 0 Å². The lowest BCUT2D eigenvalue weighted by atomic mass is 10.1. The van der Waals surface area contributed by atoms with Crippen molar-refractivity contribution in [3.63, 3.8) is 0 Å². The number of nitrogens with one attached hydrogen (secondary N) is 1. The van der Waals surface area contributed by atoms with Crippen molar-refractivity contribution >= 4 is 11.8 Å². The van der Waals surface area contributed by atoms with E-state index in [1.54, 1.807) is 5.32 Å². The second kappa shape index (κ2) is 5.90. The van der Waals surface area contributed by atoms with Crippen molar-refractivity contribution in [3.05, 3.63) is 29.3 Å². The van der Waals surface area contributed by atoms with Gasteiger partial charge in [0.2, 0.25) is 0 Å². The molecule has 0 fully saturated rings. The van der Waals surface area contributed by atoms with Crippen LogP contribution in [0.1, 0.15) is 11.1 Å². The number of nitriles is 1. The van der Waals surface area contributed by atoms with Gasteiger partial charge < -0.3 is 4.74 Å². The normalized spacial score (nSPS) is 11.7. The van der Waals surface area contributed by atoms with Gasteiger partial charge in [-0.15, -0.1) is 0 Å². The second-order valence-corrected chi connectivity index (χ2v) is 3.69. The molecule has 0 radical (unpaired) electrons. The van der Waals surface area contributed by atoms with Crippen molar-refractivity contribution in [1.82, 2.24) is 0 Å². The van der Waals surface area contributed by atoms with Crippen molar-refractivity contribution in [3.8, 4) is 6.07 Å². The summed E-state index contributed by atoms with van der Waals surface area (Å²) in [7, 11) is 0. The van der Waals surface area contributed by atoms with Crippen LogP contribution in [-0.2, 0) is 10.9 Å². The van der Waals surface area contributed by atoms with E-state index >= 15 is 0 Å². The standard InChI is InChI=1S/C11H6F6N2O2/c12-10(13,14)5-21-9(20)19-7-2-1-6(4-18)8(3-7)11(15,16)17/h1-3H,5H2,(H,19,20). The van der Waals surface area contributed by atoms with Gasteiger partial charge >= 0.3 is 18.4 Å².